The van der Waals surface area contributed by atoms with Crippen LogP contribution in [0.1, 0.15) is 24.5 Å². The second-order valence-electron chi connectivity index (χ2n) is 9.56. The van der Waals surface area contributed by atoms with Crippen molar-refractivity contribution in [1.29, 1.82) is 0 Å². The number of amides is 1. The van der Waals surface area contributed by atoms with Gasteiger partial charge in [0.05, 0.1) is 17.0 Å². The molecule has 1 amide bonds. The lowest BCUT2D eigenvalue weighted by atomic mass is 10.0. The van der Waals surface area contributed by atoms with E-state index in [4.69, 9.17) is 0 Å². The summed E-state index contributed by atoms with van der Waals surface area (Å²) in [5.74, 6) is -5.07. The summed E-state index contributed by atoms with van der Waals surface area (Å²) in [7, 11) is 1.48. The van der Waals surface area contributed by atoms with E-state index in [1.165, 1.54) is 17.9 Å². The molecule has 1 atom stereocenters. The molecule has 1 N–H and O–H groups in total. The highest BCUT2D eigenvalue weighted by atomic mass is 19.4. The Morgan fingerprint density at radius 3 is 2.52 bits per heavy atom. The molecule has 1 aliphatic rings. The standard InChI is InChI=1S/C27H25F5N6O2/c1-3-20(39)37-9-10-38(16(14-37)11-15-7-5-4-6-8-15)26-33-13-18-23(35-36(2)25(18)34-26)17-12-19(27(30,31)32)22(29)24(40)21(17)28/h4-8,12-13,16,40H,3,9-11,14H2,1-2H3/t16-/m1/s1. The molecule has 1 saturated heterocycles. The molecule has 3 heterocycles. The zero-order chi connectivity index (χ0) is 28.8. The van der Waals surface area contributed by atoms with Crippen LogP contribution in [0.4, 0.5) is 27.9 Å². The molecule has 40 heavy (non-hydrogen) atoms. The summed E-state index contributed by atoms with van der Waals surface area (Å²) in [5, 5.41) is 14.0. The summed E-state index contributed by atoms with van der Waals surface area (Å²) in [4.78, 5) is 25.2. The van der Waals surface area contributed by atoms with Crippen molar-refractivity contribution in [3.05, 3.63) is 65.4 Å². The maximum Gasteiger partial charge on any atom is 0.419 e. The fraction of sp³-hybridized carbons (Fsp3) is 0.333. The van der Waals surface area contributed by atoms with Gasteiger partial charge in [-0.3, -0.25) is 4.79 Å². The number of hydrogen-bond acceptors (Lipinski definition) is 6. The van der Waals surface area contributed by atoms with Crippen molar-refractivity contribution in [2.45, 2.75) is 32.0 Å². The molecule has 5 rings (SSSR count). The van der Waals surface area contributed by atoms with Gasteiger partial charge in [-0.05, 0) is 18.1 Å². The van der Waals surface area contributed by atoms with Crippen LogP contribution in [0.2, 0.25) is 0 Å². The van der Waals surface area contributed by atoms with Crippen molar-refractivity contribution in [2.75, 3.05) is 24.5 Å². The summed E-state index contributed by atoms with van der Waals surface area (Å²) in [5.41, 5.74) is -1.58. The molecule has 1 fully saturated rings. The number of piperazine rings is 1. The van der Waals surface area contributed by atoms with E-state index >= 15 is 0 Å². The van der Waals surface area contributed by atoms with Crippen LogP contribution in [0.25, 0.3) is 22.3 Å². The Bertz CT molecular complexity index is 1570. The second-order valence-corrected chi connectivity index (χ2v) is 9.56. The minimum Gasteiger partial charge on any atom is -0.503 e. The smallest absolute Gasteiger partial charge is 0.419 e. The zero-order valence-corrected chi connectivity index (χ0v) is 21.6. The number of phenols is 1. The topological polar surface area (TPSA) is 87.4 Å². The Labute approximate surface area is 225 Å². The van der Waals surface area contributed by atoms with Gasteiger partial charge in [0.2, 0.25) is 11.9 Å². The first kappa shape index (κ1) is 27.3. The van der Waals surface area contributed by atoms with Gasteiger partial charge in [0.1, 0.15) is 5.69 Å². The molecule has 1 aliphatic heterocycles. The number of nitrogens with zero attached hydrogens (tertiary/aromatic N) is 6. The third kappa shape index (κ3) is 4.91. The van der Waals surface area contributed by atoms with Crippen LogP contribution in [0.15, 0.2) is 42.6 Å². The van der Waals surface area contributed by atoms with E-state index in [2.05, 4.69) is 15.1 Å². The number of hydrogen-bond donors (Lipinski definition) is 1. The molecule has 2 aromatic carbocycles. The van der Waals surface area contributed by atoms with E-state index < -0.39 is 34.7 Å². The predicted molar refractivity (Wildman–Crippen MR) is 136 cm³/mol. The van der Waals surface area contributed by atoms with E-state index in [9.17, 15) is 31.9 Å². The SMILES string of the molecule is CCC(=O)N1CCN(c2ncc3c(-c4cc(C(F)(F)F)c(F)c(O)c4F)nn(C)c3n2)[C@H](Cc2ccccc2)C1. The van der Waals surface area contributed by atoms with Crippen molar-refractivity contribution in [1.82, 2.24) is 24.6 Å². The van der Waals surface area contributed by atoms with Gasteiger partial charge in [0.25, 0.3) is 0 Å². The first-order chi connectivity index (χ1) is 19.0. The molecule has 210 valence electrons. The third-order valence-electron chi connectivity index (χ3n) is 7.01. The maximum absolute atomic E-state index is 14.8. The molecule has 0 bridgehead atoms. The first-order valence-corrected chi connectivity index (χ1v) is 12.6. The molecule has 0 spiro atoms. The second kappa shape index (κ2) is 10.4. The van der Waals surface area contributed by atoms with E-state index in [1.54, 1.807) is 11.8 Å². The van der Waals surface area contributed by atoms with Gasteiger partial charge in [0, 0.05) is 44.9 Å². The molecule has 4 aromatic rings. The van der Waals surface area contributed by atoms with Gasteiger partial charge >= 0.3 is 6.18 Å². The third-order valence-corrected chi connectivity index (χ3v) is 7.01. The number of rotatable bonds is 5. The number of halogens is 5. The number of benzene rings is 2. The van der Waals surface area contributed by atoms with Gasteiger partial charge in [-0.25, -0.2) is 18.4 Å². The van der Waals surface area contributed by atoms with Crippen molar-refractivity contribution < 1.29 is 31.9 Å². The van der Waals surface area contributed by atoms with Crippen LogP contribution in [-0.4, -0.2) is 61.3 Å². The molecule has 13 heteroatoms. The Balaban J connectivity index is 1.56. The molecular formula is C27H25F5N6O2. The highest BCUT2D eigenvalue weighted by Gasteiger charge is 2.38. The molecule has 0 unspecified atom stereocenters. The lowest BCUT2D eigenvalue weighted by Crippen LogP contribution is -2.56. The highest BCUT2D eigenvalue weighted by Crippen LogP contribution is 2.41. The Morgan fingerprint density at radius 2 is 1.85 bits per heavy atom. The molecule has 0 saturated carbocycles. The molecule has 2 aromatic heterocycles. The number of phenolic OH excluding ortho intramolecular Hbond substituents is 1. The maximum atomic E-state index is 14.8. The fourth-order valence-electron chi connectivity index (χ4n) is 5.00. The minimum absolute atomic E-state index is 0.0353. The van der Waals surface area contributed by atoms with E-state index in [-0.39, 0.29) is 34.7 Å². The molecular weight excluding hydrogens is 535 g/mol. The van der Waals surface area contributed by atoms with E-state index in [0.717, 1.165) is 5.56 Å². The predicted octanol–water partition coefficient (Wildman–Crippen LogP) is 4.70. The largest absolute Gasteiger partial charge is 0.503 e. The van der Waals surface area contributed by atoms with Crippen LogP contribution < -0.4 is 4.90 Å². The Kier molecular flexibility index (Phi) is 7.06. The number of aryl methyl sites for hydroxylation is 1. The van der Waals surface area contributed by atoms with Gasteiger partial charge in [-0.15, -0.1) is 0 Å². The van der Waals surface area contributed by atoms with Gasteiger partial charge in [0.15, 0.2) is 23.0 Å². The average molecular weight is 561 g/mol. The quantitative estimate of drug-likeness (QED) is 0.356. The number of aromatic nitrogens is 4. The van der Waals surface area contributed by atoms with Crippen LogP contribution in [0, 0.1) is 11.6 Å². The molecule has 0 radical (unpaired) electrons. The zero-order valence-electron chi connectivity index (χ0n) is 21.6. The highest BCUT2D eigenvalue weighted by molar-refractivity contribution is 5.91. The number of aromatic hydroxyl groups is 1. The summed E-state index contributed by atoms with van der Waals surface area (Å²) in [6, 6.07) is 9.84. The number of anilines is 1. The Morgan fingerprint density at radius 1 is 1.12 bits per heavy atom. The molecule has 8 nitrogen and oxygen atoms in total. The summed E-state index contributed by atoms with van der Waals surface area (Å²) >= 11 is 0. The average Bonchev–Trinajstić information content (AvgIpc) is 3.26. The summed E-state index contributed by atoms with van der Waals surface area (Å²) in [6.45, 7) is 3.14. The van der Waals surface area contributed by atoms with Gasteiger partial charge in [-0.1, -0.05) is 37.3 Å². The van der Waals surface area contributed by atoms with Gasteiger partial charge < -0.3 is 14.9 Å². The number of fused-ring (bicyclic) bond motifs is 1. The molecule has 0 aliphatic carbocycles. The van der Waals surface area contributed by atoms with Crippen molar-refractivity contribution in [3.63, 3.8) is 0 Å². The van der Waals surface area contributed by atoms with Crippen LogP contribution in [0.5, 0.6) is 5.75 Å². The van der Waals surface area contributed by atoms with E-state index in [1.807, 2.05) is 35.2 Å². The van der Waals surface area contributed by atoms with E-state index in [0.29, 0.717) is 38.4 Å². The van der Waals surface area contributed by atoms with Gasteiger partial charge in [-0.2, -0.15) is 23.3 Å². The summed E-state index contributed by atoms with van der Waals surface area (Å²) < 4.78 is 70.2. The van der Waals surface area contributed by atoms with Crippen LogP contribution in [-0.2, 0) is 24.4 Å². The minimum atomic E-state index is -5.17. The van der Waals surface area contributed by atoms with Crippen molar-refractivity contribution in [2.24, 2.45) is 7.05 Å². The van der Waals surface area contributed by atoms with Crippen molar-refractivity contribution in [3.8, 4) is 17.0 Å². The number of carbonyl (C=O) groups is 1. The fourth-order valence-corrected chi connectivity index (χ4v) is 5.00. The first-order valence-electron chi connectivity index (χ1n) is 12.6. The Hall–Kier alpha value is -4.29. The monoisotopic (exact) mass is 560 g/mol. The normalized spacial score (nSPS) is 16.1. The van der Waals surface area contributed by atoms with Crippen LogP contribution in [0.3, 0.4) is 0 Å². The number of alkyl halides is 3. The lowest BCUT2D eigenvalue weighted by Gasteiger charge is -2.41. The van der Waals surface area contributed by atoms with Crippen molar-refractivity contribution >= 4 is 22.9 Å². The van der Waals surface area contributed by atoms with Crippen LogP contribution >= 0.6 is 0 Å². The number of carbonyl (C=O) groups excluding carboxylic acids is 1. The summed E-state index contributed by atoms with van der Waals surface area (Å²) in [6.07, 6.45) is -2.87. The lowest BCUT2D eigenvalue weighted by molar-refractivity contribution is -0.140.